The number of nitrogens with one attached hydrogen (secondary N) is 1. The fourth-order valence-electron chi connectivity index (χ4n) is 3.03. The van der Waals surface area contributed by atoms with E-state index in [0.29, 0.717) is 11.1 Å². The lowest BCUT2D eigenvalue weighted by molar-refractivity contribution is -0.113. The molecule has 0 spiro atoms. The molecule has 6 heteroatoms. The van der Waals surface area contributed by atoms with Gasteiger partial charge in [0.15, 0.2) is 0 Å². The number of aryl methyl sites for hydroxylation is 2. The fourth-order valence-corrected chi connectivity index (χ4v) is 3.60. The molecule has 3 aromatic carbocycles. The first-order valence-electron chi connectivity index (χ1n) is 9.58. The first-order chi connectivity index (χ1) is 14.6. The van der Waals surface area contributed by atoms with Crippen molar-refractivity contribution in [1.29, 1.82) is 0 Å². The highest BCUT2D eigenvalue weighted by Gasteiger charge is 2.13. The van der Waals surface area contributed by atoms with Gasteiger partial charge in [0.25, 0.3) is 5.22 Å². The largest absolute Gasteiger partial charge is 0.411 e. The molecule has 4 rings (SSSR count). The van der Waals surface area contributed by atoms with E-state index in [9.17, 15) is 4.79 Å². The summed E-state index contributed by atoms with van der Waals surface area (Å²) in [6, 6.07) is 23.7. The van der Waals surface area contributed by atoms with Crippen molar-refractivity contribution in [2.24, 2.45) is 0 Å². The third-order valence-electron chi connectivity index (χ3n) is 4.77. The van der Waals surface area contributed by atoms with Crippen LogP contribution in [0.25, 0.3) is 22.6 Å². The molecule has 0 atom stereocenters. The number of aromatic nitrogens is 2. The maximum atomic E-state index is 12.5. The molecule has 0 aliphatic rings. The van der Waals surface area contributed by atoms with Gasteiger partial charge in [0.1, 0.15) is 0 Å². The number of anilines is 1. The molecule has 0 aliphatic heterocycles. The molecule has 4 aromatic rings. The zero-order valence-electron chi connectivity index (χ0n) is 16.8. The highest BCUT2D eigenvalue weighted by atomic mass is 32.2. The van der Waals surface area contributed by atoms with E-state index in [0.717, 1.165) is 27.9 Å². The average Bonchev–Trinajstić information content (AvgIpc) is 3.24. The molecule has 1 aromatic heterocycles. The summed E-state index contributed by atoms with van der Waals surface area (Å²) >= 11 is 1.22. The summed E-state index contributed by atoms with van der Waals surface area (Å²) in [5.74, 6) is 0.502. The van der Waals surface area contributed by atoms with Crippen molar-refractivity contribution in [3.63, 3.8) is 0 Å². The van der Waals surface area contributed by atoms with E-state index in [1.807, 2.05) is 79.7 Å². The van der Waals surface area contributed by atoms with Crippen molar-refractivity contribution < 1.29 is 9.21 Å². The van der Waals surface area contributed by atoms with Crippen molar-refractivity contribution in [2.45, 2.75) is 19.1 Å². The van der Waals surface area contributed by atoms with E-state index in [4.69, 9.17) is 4.42 Å². The molecule has 0 saturated heterocycles. The number of hydrogen-bond acceptors (Lipinski definition) is 5. The van der Waals surface area contributed by atoms with Gasteiger partial charge in [0.2, 0.25) is 11.8 Å². The van der Waals surface area contributed by atoms with Gasteiger partial charge in [-0.15, -0.1) is 10.2 Å². The van der Waals surface area contributed by atoms with Crippen LogP contribution in [0.2, 0.25) is 0 Å². The zero-order valence-corrected chi connectivity index (χ0v) is 17.6. The quantitative estimate of drug-likeness (QED) is 0.406. The number of para-hydroxylation sites is 1. The number of nitrogens with zero attached hydrogens (tertiary/aromatic N) is 2. The molecule has 0 radical (unpaired) electrons. The molecule has 0 saturated carbocycles. The Hall–Kier alpha value is -3.38. The van der Waals surface area contributed by atoms with Crippen LogP contribution >= 0.6 is 11.8 Å². The Labute approximate surface area is 179 Å². The van der Waals surface area contributed by atoms with Crippen LogP contribution < -0.4 is 5.32 Å². The second kappa shape index (κ2) is 8.97. The molecule has 1 heterocycles. The maximum absolute atomic E-state index is 12.5. The van der Waals surface area contributed by atoms with Crippen LogP contribution in [0.15, 0.2) is 82.4 Å². The van der Waals surface area contributed by atoms with Gasteiger partial charge in [-0.05, 0) is 48.7 Å². The smallest absolute Gasteiger partial charge is 0.277 e. The number of benzene rings is 3. The van der Waals surface area contributed by atoms with Gasteiger partial charge in [-0.2, -0.15) is 0 Å². The molecule has 5 nitrogen and oxygen atoms in total. The van der Waals surface area contributed by atoms with E-state index < -0.39 is 0 Å². The summed E-state index contributed by atoms with van der Waals surface area (Å²) in [5.41, 5.74) is 6.05. The Morgan fingerprint density at radius 1 is 0.900 bits per heavy atom. The van der Waals surface area contributed by atoms with Crippen LogP contribution in [-0.4, -0.2) is 21.9 Å². The second-order valence-corrected chi connectivity index (χ2v) is 7.85. The lowest BCUT2D eigenvalue weighted by atomic mass is 10.0. The van der Waals surface area contributed by atoms with E-state index >= 15 is 0 Å². The van der Waals surface area contributed by atoms with Crippen LogP contribution in [-0.2, 0) is 4.79 Å². The van der Waals surface area contributed by atoms with Crippen LogP contribution in [0.3, 0.4) is 0 Å². The van der Waals surface area contributed by atoms with Crippen LogP contribution in [0.4, 0.5) is 5.69 Å². The predicted octanol–water partition coefficient (Wildman–Crippen LogP) is 5.75. The number of carbonyl (C=O) groups is 1. The third kappa shape index (κ3) is 4.60. The highest BCUT2D eigenvalue weighted by molar-refractivity contribution is 7.99. The number of thioether (sulfide) groups is 1. The minimum absolute atomic E-state index is 0.130. The summed E-state index contributed by atoms with van der Waals surface area (Å²) < 4.78 is 5.72. The SMILES string of the molecule is Cc1ccc(-c2nnc(SCC(=O)Nc3ccccc3-c3ccccc3)o2)cc1C. The number of carbonyl (C=O) groups excluding carboxylic acids is 1. The Kier molecular flexibility index (Phi) is 5.95. The maximum Gasteiger partial charge on any atom is 0.277 e. The van der Waals surface area contributed by atoms with Gasteiger partial charge >= 0.3 is 0 Å². The first kappa shape index (κ1) is 19.9. The van der Waals surface area contributed by atoms with Crippen LogP contribution in [0.5, 0.6) is 0 Å². The van der Waals surface area contributed by atoms with Crippen molar-refractivity contribution in [1.82, 2.24) is 10.2 Å². The summed E-state index contributed by atoms with van der Waals surface area (Å²) in [4.78, 5) is 12.5. The summed E-state index contributed by atoms with van der Waals surface area (Å²) in [7, 11) is 0. The normalized spacial score (nSPS) is 10.7. The van der Waals surface area contributed by atoms with E-state index in [-0.39, 0.29) is 11.7 Å². The Bertz CT molecular complexity index is 1170. The molecule has 1 N–H and O–H groups in total. The molecular weight excluding hydrogens is 394 g/mol. The average molecular weight is 416 g/mol. The topological polar surface area (TPSA) is 68.0 Å². The Morgan fingerprint density at radius 3 is 2.47 bits per heavy atom. The number of hydrogen-bond donors (Lipinski definition) is 1. The summed E-state index contributed by atoms with van der Waals surface area (Å²) in [5, 5.41) is 11.5. The van der Waals surface area contributed by atoms with Crippen molar-refractivity contribution in [2.75, 3.05) is 11.1 Å². The summed E-state index contributed by atoms with van der Waals surface area (Å²) in [6.45, 7) is 4.10. The molecule has 30 heavy (non-hydrogen) atoms. The Morgan fingerprint density at radius 2 is 1.67 bits per heavy atom. The van der Waals surface area contributed by atoms with E-state index in [1.165, 1.54) is 17.3 Å². The van der Waals surface area contributed by atoms with Crippen molar-refractivity contribution in [3.8, 4) is 22.6 Å². The van der Waals surface area contributed by atoms with Gasteiger partial charge in [-0.25, -0.2) is 0 Å². The lowest BCUT2D eigenvalue weighted by Gasteiger charge is -2.10. The molecule has 0 bridgehead atoms. The zero-order chi connectivity index (χ0) is 20.9. The van der Waals surface area contributed by atoms with Crippen LogP contribution in [0.1, 0.15) is 11.1 Å². The number of amides is 1. The van der Waals surface area contributed by atoms with Crippen molar-refractivity contribution >= 4 is 23.4 Å². The fraction of sp³-hybridized carbons (Fsp3) is 0.125. The summed E-state index contributed by atoms with van der Waals surface area (Å²) in [6.07, 6.45) is 0. The minimum Gasteiger partial charge on any atom is -0.411 e. The van der Waals surface area contributed by atoms with Gasteiger partial charge in [0, 0.05) is 16.8 Å². The molecule has 0 aliphatic carbocycles. The third-order valence-corrected chi connectivity index (χ3v) is 5.59. The van der Waals surface area contributed by atoms with E-state index in [2.05, 4.69) is 22.4 Å². The van der Waals surface area contributed by atoms with Gasteiger partial charge in [-0.1, -0.05) is 66.4 Å². The van der Waals surface area contributed by atoms with Gasteiger partial charge in [0.05, 0.1) is 5.75 Å². The van der Waals surface area contributed by atoms with Crippen LogP contribution in [0, 0.1) is 13.8 Å². The van der Waals surface area contributed by atoms with Gasteiger partial charge < -0.3 is 9.73 Å². The van der Waals surface area contributed by atoms with E-state index in [1.54, 1.807) is 0 Å². The monoisotopic (exact) mass is 415 g/mol. The van der Waals surface area contributed by atoms with Gasteiger partial charge in [-0.3, -0.25) is 4.79 Å². The second-order valence-electron chi connectivity index (χ2n) is 6.92. The molecule has 150 valence electrons. The highest BCUT2D eigenvalue weighted by Crippen LogP contribution is 2.28. The molecule has 0 fully saturated rings. The number of rotatable bonds is 6. The minimum atomic E-state index is -0.130. The lowest BCUT2D eigenvalue weighted by Crippen LogP contribution is -2.14. The Balaban J connectivity index is 1.41. The molecule has 0 unspecified atom stereocenters. The first-order valence-corrected chi connectivity index (χ1v) is 10.6. The standard InChI is InChI=1S/C24H21N3O2S/c1-16-12-13-19(14-17(16)2)23-26-27-24(29-23)30-15-22(28)25-21-11-7-6-10-20(21)18-8-4-3-5-9-18/h3-14H,15H2,1-2H3,(H,25,28). The van der Waals surface area contributed by atoms with Crippen molar-refractivity contribution in [3.05, 3.63) is 83.9 Å². The molecular formula is C24H21N3O2S. The molecule has 1 amide bonds. The predicted molar refractivity (Wildman–Crippen MR) is 120 cm³/mol.